The first-order chi connectivity index (χ1) is 6.86. The molecule has 0 spiro atoms. The van der Waals surface area contributed by atoms with Crippen molar-refractivity contribution in [3.8, 4) is 11.5 Å². The fraction of sp³-hybridized carbons (Fsp3) is 0.125. The Labute approximate surface area is 85.5 Å². The van der Waals surface area contributed by atoms with Crippen molar-refractivity contribution in [1.82, 2.24) is 0 Å². The van der Waals surface area contributed by atoms with Crippen molar-refractivity contribution in [1.29, 1.82) is 0 Å². The van der Waals surface area contributed by atoms with Gasteiger partial charge in [0.05, 0.1) is 0 Å². The molecule has 0 fully saturated rings. The summed E-state index contributed by atoms with van der Waals surface area (Å²) in [5, 5.41) is 16.1. The summed E-state index contributed by atoms with van der Waals surface area (Å²) in [6.07, 6.45) is 1.12. The minimum Gasteiger partial charge on any atom is -0.504 e. The summed E-state index contributed by atoms with van der Waals surface area (Å²) in [5.41, 5.74) is -0.178. The maximum absolute atomic E-state index is 10.7. The van der Waals surface area contributed by atoms with Crippen molar-refractivity contribution in [2.45, 2.75) is 5.25 Å². The van der Waals surface area contributed by atoms with Crippen LogP contribution in [0.1, 0.15) is 10.8 Å². The Morgan fingerprint density at radius 2 is 1.80 bits per heavy atom. The van der Waals surface area contributed by atoms with E-state index in [0.717, 1.165) is 24.5 Å². The van der Waals surface area contributed by atoms with Crippen LogP contribution in [0.5, 0.6) is 11.5 Å². The van der Waals surface area contributed by atoms with Gasteiger partial charge in [-0.1, -0.05) is 6.07 Å². The van der Waals surface area contributed by atoms with Crippen molar-refractivity contribution >= 4 is 16.4 Å². The van der Waals surface area contributed by atoms with Crippen LogP contribution in [0, 0.1) is 0 Å². The lowest BCUT2D eigenvalue weighted by Crippen LogP contribution is -2.13. The number of phenolic OH excluding ortho intramolecular Hbond substituents is 2. The van der Waals surface area contributed by atoms with Crippen molar-refractivity contribution < 1.29 is 28.0 Å². The average Bonchev–Trinajstić information content (AvgIpc) is 2.10. The standard InChI is InChI=1S/C8H7O6S/c9-4-8(15(12,13)14)5-1-2-6(10)7(11)3-5/h1-3,8,10-11H,(H,12,13,14). The van der Waals surface area contributed by atoms with E-state index in [9.17, 15) is 13.2 Å². The summed E-state index contributed by atoms with van der Waals surface area (Å²) in [6.45, 7) is 0. The highest BCUT2D eigenvalue weighted by molar-refractivity contribution is 7.86. The Morgan fingerprint density at radius 1 is 1.20 bits per heavy atom. The number of phenols is 2. The molecular weight excluding hydrogens is 224 g/mol. The molecule has 3 N–H and O–H groups in total. The van der Waals surface area contributed by atoms with Crippen LogP contribution in [-0.4, -0.2) is 29.5 Å². The maximum atomic E-state index is 10.7. The third kappa shape index (κ3) is 2.45. The van der Waals surface area contributed by atoms with Gasteiger partial charge >= 0.3 is 0 Å². The molecule has 0 amide bonds. The van der Waals surface area contributed by atoms with Crippen molar-refractivity contribution in [2.24, 2.45) is 0 Å². The highest BCUT2D eigenvalue weighted by atomic mass is 32.2. The zero-order valence-electron chi connectivity index (χ0n) is 7.28. The summed E-state index contributed by atoms with van der Waals surface area (Å²) in [4.78, 5) is 10.3. The van der Waals surface area contributed by atoms with Gasteiger partial charge in [0.2, 0.25) is 6.29 Å². The van der Waals surface area contributed by atoms with Crippen molar-refractivity contribution in [3.05, 3.63) is 23.8 Å². The van der Waals surface area contributed by atoms with Gasteiger partial charge in [-0.05, 0) is 17.7 Å². The van der Waals surface area contributed by atoms with Gasteiger partial charge in [-0.2, -0.15) is 8.42 Å². The smallest absolute Gasteiger partial charge is 0.279 e. The Bertz CT molecular complexity index is 478. The quantitative estimate of drug-likeness (QED) is 0.503. The SMILES string of the molecule is O=[C]C(c1ccc(O)c(O)c1)S(=O)(=O)O. The van der Waals surface area contributed by atoms with Crippen LogP contribution in [0.3, 0.4) is 0 Å². The van der Waals surface area contributed by atoms with Crippen LogP contribution < -0.4 is 0 Å². The first-order valence-electron chi connectivity index (χ1n) is 3.72. The highest BCUT2D eigenvalue weighted by Crippen LogP contribution is 2.29. The minimum atomic E-state index is -4.61. The normalized spacial score (nSPS) is 13.4. The summed E-state index contributed by atoms with van der Waals surface area (Å²) >= 11 is 0. The average molecular weight is 231 g/mol. The van der Waals surface area contributed by atoms with Crippen molar-refractivity contribution in [2.75, 3.05) is 0 Å². The minimum absolute atomic E-state index is 0.178. The maximum Gasteiger partial charge on any atom is 0.279 e. The van der Waals surface area contributed by atoms with Crippen LogP contribution in [0.25, 0.3) is 0 Å². The summed E-state index contributed by atoms with van der Waals surface area (Å²) in [7, 11) is -4.61. The van der Waals surface area contributed by atoms with E-state index in [-0.39, 0.29) is 5.56 Å². The molecule has 1 aromatic carbocycles. The molecule has 0 aromatic heterocycles. The molecular formula is C8H7O6S. The number of benzene rings is 1. The van der Waals surface area contributed by atoms with Gasteiger partial charge in [0.25, 0.3) is 10.1 Å². The fourth-order valence-corrected chi connectivity index (χ4v) is 1.62. The Kier molecular flexibility index (Phi) is 2.96. The van der Waals surface area contributed by atoms with Gasteiger partial charge in [-0.3, -0.25) is 9.35 Å². The van der Waals surface area contributed by atoms with E-state index in [1.54, 1.807) is 0 Å². The second kappa shape index (κ2) is 3.87. The zero-order valence-corrected chi connectivity index (χ0v) is 8.10. The molecule has 1 atom stereocenters. The number of hydrogen-bond donors (Lipinski definition) is 3. The van der Waals surface area contributed by atoms with Crippen LogP contribution >= 0.6 is 0 Å². The van der Waals surface area contributed by atoms with Crippen molar-refractivity contribution in [3.63, 3.8) is 0 Å². The lowest BCUT2D eigenvalue weighted by Gasteiger charge is -2.07. The third-order valence-electron chi connectivity index (χ3n) is 1.71. The van der Waals surface area contributed by atoms with Gasteiger partial charge in [0.15, 0.2) is 16.7 Å². The molecule has 0 saturated heterocycles. The van der Waals surface area contributed by atoms with E-state index in [2.05, 4.69) is 0 Å². The van der Waals surface area contributed by atoms with E-state index >= 15 is 0 Å². The molecule has 0 aliphatic rings. The third-order valence-corrected chi connectivity index (χ3v) is 2.67. The predicted octanol–water partition coefficient (Wildman–Crippen LogP) is 0.136. The topological polar surface area (TPSA) is 112 Å². The Morgan fingerprint density at radius 3 is 2.20 bits per heavy atom. The Hall–Kier alpha value is -1.60. The van der Waals surface area contributed by atoms with E-state index in [1.807, 2.05) is 0 Å². The summed E-state index contributed by atoms with van der Waals surface area (Å²) < 4.78 is 30.1. The molecule has 7 heteroatoms. The van der Waals surface area contributed by atoms with E-state index in [1.165, 1.54) is 0 Å². The molecule has 1 rings (SSSR count). The van der Waals surface area contributed by atoms with Crippen LogP contribution in [-0.2, 0) is 14.9 Å². The zero-order chi connectivity index (χ0) is 11.6. The molecule has 0 heterocycles. The predicted molar refractivity (Wildman–Crippen MR) is 49.8 cm³/mol. The van der Waals surface area contributed by atoms with Crippen LogP contribution in [0.15, 0.2) is 18.2 Å². The second-order valence-electron chi connectivity index (χ2n) is 2.76. The molecule has 1 aromatic rings. The molecule has 0 aliphatic heterocycles. The van der Waals surface area contributed by atoms with Crippen LogP contribution in [0.4, 0.5) is 0 Å². The van der Waals surface area contributed by atoms with E-state index in [4.69, 9.17) is 14.8 Å². The summed E-state index contributed by atoms with van der Waals surface area (Å²) in [6, 6.07) is 2.94. The summed E-state index contributed by atoms with van der Waals surface area (Å²) in [5.74, 6) is -1.05. The van der Waals surface area contributed by atoms with Gasteiger partial charge in [-0.15, -0.1) is 0 Å². The van der Waals surface area contributed by atoms with E-state index in [0.29, 0.717) is 0 Å². The number of hydrogen-bond acceptors (Lipinski definition) is 5. The van der Waals surface area contributed by atoms with Gasteiger partial charge in [0, 0.05) is 0 Å². The first kappa shape index (κ1) is 11.5. The highest BCUT2D eigenvalue weighted by Gasteiger charge is 2.26. The molecule has 15 heavy (non-hydrogen) atoms. The molecule has 1 radical (unpaired) electrons. The Balaban J connectivity index is 3.26. The largest absolute Gasteiger partial charge is 0.504 e. The number of aromatic hydroxyl groups is 2. The first-order valence-corrected chi connectivity index (χ1v) is 5.22. The number of rotatable bonds is 3. The molecule has 0 bridgehead atoms. The lowest BCUT2D eigenvalue weighted by atomic mass is 10.1. The molecule has 0 aliphatic carbocycles. The molecule has 6 nitrogen and oxygen atoms in total. The van der Waals surface area contributed by atoms with Gasteiger partial charge in [0.1, 0.15) is 0 Å². The molecule has 81 valence electrons. The monoisotopic (exact) mass is 231 g/mol. The van der Waals surface area contributed by atoms with Gasteiger partial charge < -0.3 is 10.2 Å². The van der Waals surface area contributed by atoms with E-state index < -0.39 is 26.9 Å². The number of carbonyl (C=O) groups excluding carboxylic acids is 1. The lowest BCUT2D eigenvalue weighted by molar-refractivity contribution is 0.403. The fourth-order valence-electron chi connectivity index (χ4n) is 1.00. The van der Waals surface area contributed by atoms with Crippen LogP contribution in [0.2, 0.25) is 0 Å². The van der Waals surface area contributed by atoms with Gasteiger partial charge in [-0.25, -0.2) is 0 Å². The molecule has 1 unspecified atom stereocenters. The molecule has 0 saturated carbocycles. The second-order valence-corrected chi connectivity index (χ2v) is 4.26.